The average molecular weight is 326 g/mol. The van der Waals surface area contributed by atoms with Crippen LogP contribution in [0.5, 0.6) is 11.5 Å². The van der Waals surface area contributed by atoms with Gasteiger partial charge in [-0.3, -0.25) is 4.79 Å². The summed E-state index contributed by atoms with van der Waals surface area (Å²) in [5.74, 6) is -1.60. The maximum Gasteiger partial charge on any atom is 0.255 e. The largest absolute Gasteiger partial charge is 0.504 e. The first kappa shape index (κ1) is 13.4. The number of carbonyl (C=O) groups excluding carboxylic acids is 1. The Hall–Kier alpha value is -2.08. The van der Waals surface area contributed by atoms with Crippen LogP contribution in [0, 0.1) is 5.82 Å². The fourth-order valence-corrected chi connectivity index (χ4v) is 1.90. The highest BCUT2D eigenvalue weighted by Crippen LogP contribution is 2.27. The van der Waals surface area contributed by atoms with Gasteiger partial charge in [0.15, 0.2) is 11.5 Å². The monoisotopic (exact) mass is 325 g/mol. The number of nitrogens with one attached hydrogen (secondary N) is 1. The van der Waals surface area contributed by atoms with Crippen LogP contribution in [-0.4, -0.2) is 16.1 Å². The van der Waals surface area contributed by atoms with Crippen molar-refractivity contribution in [1.82, 2.24) is 0 Å². The molecule has 4 nitrogen and oxygen atoms in total. The number of hydrogen-bond donors (Lipinski definition) is 3. The number of carbonyl (C=O) groups is 1. The number of hydrogen-bond acceptors (Lipinski definition) is 3. The van der Waals surface area contributed by atoms with Crippen molar-refractivity contribution in [3.05, 3.63) is 52.3 Å². The van der Waals surface area contributed by atoms with E-state index in [2.05, 4.69) is 21.2 Å². The van der Waals surface area contributed by atoms with E-state index in [0.717, 1.165) is 6.07 Å². The molecule has 0 unspecified atom stereocenters. The highest BCUT2D eigenvalue weighted by Gasteiger charge is 2.11. The van der Waals surface area contributed by atoms with Crippen LogP contribution < -0.4 is 5.32 Å². The number of phenolic OH excluding ortho intramolecular Hbond substituents is 2. The summed E-state index contributed by atoms with van der Waals surface area (Å²) < 4.78 is 13.3. The van der Waals surface area contributed by atoms with Crippen molar-refractivity contribution in [2.75, 3.05) is 5.32 Å². The molecular weight excluding hydrogens is 317 g/mol. The Morgan fingerprint density at radius 3 is 2.47 bits per heavy atom. The van der Waals surface area contributed by atoms with Gasteiger partial charge in [-0.05, 0) is 52.3 Å². The number of benzene rings is 2. The molecule has 19 heavy (non-hydrogen) atoms. The number of amides is 1. The Bertz CT molecular complexity index is 646. The van der Waals surface area contributed by atoms with E-state index in [1.807, 2.05) is 0 Å². The molecular formula is C13H9BrFNO3. The highest BCUT2D eigenvalue weighted by molar-refractivity contribution is 9.10. The normalized spacial score (nSPS) is 10.2. The van der Waals surface area contributed by atoms with Gasteiger partial charge in [0.25, 0.3) is 5.91 Å². The smallest absolute Gasteiger partial charge is 0.255 e. The summed E-state index contributed by atoms with van der Waals surface area (Å²) in [6.07, 6.45) is 0. The third kappa shape index (κ3) is 3.03. The number of aromatic hydroxyl groups is 2. The molecule has 3 N–H and O–H groups in total. The zero-order chi connectivity index (χ0) is 14.0. The second-order valence-corrected chi connectivity index (χ2v) is 4.64. The van der Waals surface area contributed by atoms with Gasteiger partial charge < -0.3 is 15.5 Å². The van der Waals surface area contributed by atoms with Crippen molar-refractivity contribution in [3.63, 3.8) is 0 Å². The second kappa shape index (κ2) is 5.27. The van der Waals surface area contributed by atoms with Crippen molar-refractivity contribution in [1.29, 1.82) is 0 Å². The first-order chi connectivity index (χ1) is 8.97. The summed E-state index contributed by atoms with van der Waals surface area (Å²) >= 11 is 3.13. The molecule has 2 aromatic carbocycles. The lowest BCUT2D eigenvalue weighted by Crippen LogP contribution is -2.12. The van der Waals surface area contributed by atoms with Crippen LogP contribution in [0.3, 0.4) is 0 Å². The molecule has 0 aliphatic rings. The summed E-state index contributed by atoms with van der Waals surface area (Å²) in [5.41, 5.74) is 0.575. The number of anilines is 1. The van der Waals surface area contributed by atoms with E-state index in [1.54, 1.807) is 0 Å². The van der Waals surface area contributed by atoms with Crippen molar-refractivity contribution in [2.45, 2.75) is 0 Å². The van der Waals surface area contributed by atoms with Gasteiger partial charge >= 0.3 is 0 Å². The quantitative estimate of drug-likeness (QED) is 0.742. The first-order valence-electron chi connectivity index (χ1n) is 5.26. The standard InChI is InChI=1S/C13H9BrFNO3/c14-9-6-8(15)2-3-10(9)16-13(19)7-1-4-11(17)12(18)5-7/h1-6,17-18H,(H,16,19). The Labute approximate surface area is 116 Å². The molecule has 0 radical (unpaired) electrons. The molecule has 0 saturated heterocycles. The average Bonchev–Trinajstić information content (AvgIpc) is 2.36. The second-order valence-electron chi connectivity index (χ2n) is 3.78. The molecule has 2 aromatic rings. The SMILES string of the molecule is O=C(Nc1ccc(F)cc1Br)c1ccc(O)c(O)c1. The molecule has 0 fully saturated rings. The minimum atomic E-state index is -0.484. The predicted molar refractivity (Wildman–Crippen MR) is 71.8 cm³/mol. The zero-order valence-electron chi connectivity index (χ0n) is 9.52. The van der Waals surface area contributed by atoms with E-state index in [1.165, 1.54) is 30.3 Å². The molecule has 0 bridgehead atoms. The van der Waals surface area contributed by atoms with Crippen LogP contribution in [0.4, 0.5) is 10.1 Å². The number of phenols is 2. The van der Waals surface area contributed by atoms with Gasteiger partial charge in [-0.15, -0.1) is 0 Å². The lowest BCUT2D eigenvalue weighted by molar-refractivity contribution is 0.102. The topological polar surface area (TPSA) is 69.6 Å². The van der Waals surface area contributed by atoms with Crippen molar-refractivity contribution < 1.29 is 19.4 Å². The summed E-state index contributed by atoms with van der Waals surface area (Å²) in [4.78, 5) is 11.9. The van der Waals surface area contributed by atoms with E-state index in [-0.39, 0.29) is 17.1 Å². The van der Waals surface area contributed by atoms with Crippen LogP contribution in [0.1, 0.15) is 10.4 Å². The third-order valence-corrected chi connectivity index (χ3v) is 3.07. The fourth-order valence-electron chi connectivity index (χ4n) is 1.45. The van der Waals surface area contributed by atoms with Crippen LogP contribution in [0.2, 0.25) is 0 Å². The van der Waals surface area contributed by atoms with Gasteiger partial charge in [0.05, 0.1) is 5.69 Å². The zero-order valence-corrected chi connectivity index (χ0v) is 11.1. The number of halogens is 2. The maximum absolute atomic E-state index is 12.9. The van der Waals surface area contributed by atoms with Gasteiger partial charge in [-0.2, -0.15) is 0 Å². The predicted octanol–water partition coefficient (Wildman–Crippen LogP) is 3.25. The molecule has 0 spiro atoms. The molecule has 0 saturated carbocycles. The first-order valence-corrected chi connectivity index (χ1v) is 6.05. The van der Waals surface area contributed by atoms with Crippen molar-refractivity contribution in [2.24, 2.45) is 0 Å². The Morgan fingerprint density at radius 1 is 1.11 bits per heavy atom. The Balaban J connectivity index is 2.23. The van der Waals surface area contributed by atoms with Gasteiger partial charge in [0.1, 0.15) is 5.82 Å². The maximum atomic E-state index is 12.9. The molecule has 98 valence electrons. The molecule has 1 amide bonds. The molecule has 2 rings (SSSR count). The molecule has 0 aromatic heterocycles. The fraction of sp³-hybridized carbons (Fsp3) is 0. The molecule has 0 atom stereocenters. The summed E-state index contributed by atoms with van der Waals surface area (Å²) in [6.45, 7) is 0. The van der Waals surface area contributed by atoms with Gasteiger partial charge in [0.2, 0.25) is 0 Å². The molecule has 6 heteroatoms. The van der Waals surface area contributed by atoms with Crippen LogP contribution in [-0.2, 0) is 0 Å². The van der Waals surface area contributed by atoms with Crippen molar-refractivity contribution in [3.8, 4) is 11.5 Å². The van der Waals surface area contributed by atoms with Crippen LogP contribution in [0.15, 0.2) is 40.9 Å². The summed E-state index contributed by atoms with van der Waals surface area (Å²) in [7, 11) is 0. The molecule has 0 heterocycles. The van der Waals surface area contributed by atoms with E-state index in [9.17, 15) is 14.3 Å². The number of rotatable bonds is 2. The lowest BCUT2D eigenvalue weighted by Gasteiger charge is -2.08. The van der Waals surface area contributed by atoms with E-state index >= 15 is 0 Å². The minimum Gasteiger partial charge on any atom is -0.504 e. The molecule has 0 aliphatic heterocycles. The van der Waals surface area contributed by atoms with Gasteiger partial charge in [-0.25, -0.2) is 4.39 Å². The summed E-state index contributed by atoms with van der Waals surface area (Å²) in [5, 5.41) is 21.0. The minimum absolute atomic E-state index is 0.173. The van der Waals surface area contributed by atoms with E-state index in [4.69, 9.17) is 5.11 Å². The summed E-state index contributed by atoms with van der Waals surface area (Å²) in [6, 6.07) is 7.57. The van der Waals surface area contributed by atoms with Crippen LogP contribution >= 0.6 is 15.9 Å². The van der Waals surface area contributed by atoms with E-state index < -0.39 is 11.7 Å². The van der Waals surface area contributed by atoms with E-state index in [0.29, 0.717) is 10.2 Å². The van der Waals surface area contributed by atoms with Crippen LogP contribution in [0.25, 0.3) is 0 Å². The Kier molecular flexibility index (Phi) is 3.71. The van der Waals surface area contributed by atoms with Gasteiger partial charge in [-0.1, -0.05) is 0 Å². The third-order valence-electron chi connectivity index (χ3n) is 2.42. The highest BCUT2D eigenvalue weighted by atomic mass is 79.9. The lowest BCUT2D eigenvalue weighted by atomic mass is 10.2. The molecule has 0 aliphatic carbocycles. The van der Waals surface area contributed by atoms with Gasteiger partial charge in [0, 0.05) is 10.0 Å². The Morgan fingerprint density at radius 2 is 1.84 bits per heavy atom. The van der Waals surface area contributed by atoms with Crippen molar-refractivity contribution >= 4 is 27.5 Å².